The highest BCUT2D eigenvalue weighted by Crippen LogP contribution is 2.18. The first kappa shape index (κ1) is 15.9. The summed E-state index contributed by atoms with van der Waals surface area (Å²) in [5.74, 6) is 0.605. The molecule has 1 aliphatic rings. The average Bonchev–Trinajstić information content (AvgIpc) is 3.02. The summed E-state index contributed by atoms with van der Waals surface area (Å²) < 4.78 is 28.5. The first-order valence-corrected chi connectivity index (χ1v) is 9.46. The molecule has 0 saturated carbocycles. The van der Waals surface area contributed by atoms with E-state index in [0.717, 1.165) is 31.6 Å². The van der Waals surface area contributed by atoms with Gasteiger partial charge in [0.1, 0.15) is 18.1 Å². The van der Waals surface area contributed by atoms with E-state index < -0.39 is 9.84 Å². The standard InChI is InChI=1S/C15H20N4O3S/c1-23(20,21)15-4-2-14(3-5-15)22-11-12-10-17-19(18-12)13-6-8-16-9-7-13/h2-5,10,13,16H,6-9,11H2,1H3. The van der Waals surface area contributed by atoms with Crippen molar-refractivity contribution in [2.45, 2.75) is 30.4 Å². The van der Waals surface area contributed by atoms with Crippen molar-refractivity contribution in [2.24, 2.45) is 0 Å². The Labute approximate surface area is 135 Å². The minimum absolute atomic E-state index is 0.279. The molecule has 1 aliphatic heterocycles. The van der Waals surface area contributed by atoms with Crippen LogP contribution in [0.2, 0.25) is 0 Å². The highest BCUT2D eigenvalue weighted by molar-refractivity contribution is 7.90. The minimum Gasteiger partial charge on any atom is -0.487 e. The maximum atomic E-state index is 11.4. The number of nitrogens with one attached hydrogen (secondary N) is 1. The predicted octanol–water partition coefficient (Wildman–Crippen LogP) is 1.19. The molecule has 2 heterocycles. The van der Waals surface area contributed by atoms with Gasteiger partial charge >= 0.3 is 0 Å². The van der Waals surface area contributed by atoms with Gasteiger partial charge in [-0.25, -0.2) is 8.42 Å². The first-order valence-electron chi connectivity index (χ1n) is 7.57. The zero-order chi connectivity index (χ0) is 16.3. The van der Waals surface area contributed by atoms with E-state index in [1.807, 2.05) is 0 Å². The van der Waals surface area contributed by atoms with Gasteiger partial charge in [0.2, 0.25) is 0 Å². The molecule has 1 N–H and O–H groups in total. The van der Waals surface area contributed by atoms with Crippen LogP contribution in [-0.4, -0.2) is 42.8 Å². The molecule has 3 rings (SSSR count). The van der Waals surface area contributed by atoms with Crippen molar-refractivity contribution in [1.82, 2.24) is 20.3 Å². The molecule has 1 aromatic carbocycles. The molecule has 0 radical (unpaired) electrons. The molecule has 0 amide bonds. The van der Waals surface area contributed by atoms with Crippen LogP contribution in [0.1, 0.15) is 24.6 Å². The summed E-state index contributed by atoms with van der Waals surface area (Å²) >= 11 is 0. The first-order chi connectivity index (χ1) is 11.0. The van der Waals surface area contributed by atoms with E-state index in [0.29, 0.717) is 18.4 Å². The Hall–Kier alpha value is -1.93. The Morgan fingerprint density at radius 2 is 1.96 bits per heavy atom. The van der Waals surface area contributed by atoms with Crippen LogP contribution in [0.4, 0.5) is 0 Å². The van der Waals surface area contributed by atoms with Crippen molar-refractivity contribution in [3.8, 4) is 5.75 Å². The topological polar surface area (TPSA) is 86.1 Å². The van der Waals surface area contributed by atoms with Gasteiger partial charge in [0.05, 0.1) is 17.1 Å². The van der Waals surface area contributed by atoms with Gasteiger partial charge in [0, 0.05) is 6.26 Å². The molecular formula is C15H20N4O3S. The van der Waals surface area contributed by atoms with Crippen molar-refractivity contribution in [3.05, 3.63) is 36.2 Å². The lowest BCUT2D eigenvalue weighted by Crippen LogP contribution is -2.30. The molecule has 7 nitrogen and oxygen atoms in total. The fraction of sp³-hybridized carbons (Fsp3) is 0.467. The molecule has 0 aliphatic carbocycles. The highest BCUT2D eigenvalue weighted by Gasteiger charge is 2.17. The van der Waals surface area contributed by atoms with Crippen molar-refractivity contribution in [3.63, 3.8) is 0 Å². The summed E-state index contributed by atoms with van der Waals surface area (Å²) in [4.78, 5) is 2.05. The maximum Gasteiger partial charge on any atom is 0.175 e. The van der Waals surface area contributed by atoms with E-state index >= 15 is 0 Å². The van der Waals surface area contributed by atoms with Crippen LogP contribution in [-0.2, 0) is 16.4 Å². The average molecular weight is 336 g/mol. The molecule has 0 unspecified atom stereocenters. The van der Waals surface area contributed by atoms with Crippen molar-refractivity contribution in [1.29, 1.82) is 0 Å². The van der Waals surface area contributed by atoms with Crippen LogP contribution in [0.5, 0.6) is 5.75 Å². The van der Waals surface area contributed by atoms with Gasteiger partial charge in [-0.3, -0.25) is 0 Å². The van der Waals surface area contributed by atoms with E-state index in [1.54, 1.807) is 23.1 Å². The molecule has 1 aromatic heterocycles. The summed E-state index contributed by atoms with van der Waals surface area (Å²) in [5, 5.41) is 12.1. The molecule has 8 heteroatoms. The van der Waals surface area contributed by atoms with Gasteiger partial charge < -0.3 is 10.1 Å². The maximum absolute atomic E-state index is 11.4. The second kappa shape index (κ2) is 6.67. The van der Waals surface area contributed by atoms with Crippen LogP contribution < -0.4 is 10.1 Å². The summed E-state index contributed by atoms with van der Waals surface area (Å²) in [5.41, 5.74) is 0.760. The Morgan fingerprint density at radius 3 is 2.61 bits per heavy atom. The lowest BCUT2D eigenvalue weighted by atomic mass is 10.1. The van der Waals surface area contributed by atoms with Crippen molar-refractivity contribution < 1.29 is 13.2 Å². The van der Waals surface area contributed by atoms with Gasteiger partial charge in [0.15, 0.2) is 9.84 Å². The van der Waals surface area contributed by atoms with E-state index in [-0.39, 0.29) is 4.90 Å². The minimum atomic E-state index is -3.18. The summed E-state index contributed by atoms with van der Waals surface area (Å²) in [6.45, 7) is 2.29. The predicted molar refractivity (Wildman–Crippen MR) is 85.0 cm³/mol. The van der Waals surface area contributed by atoms with Gasteiger partial charge in [-0.15, -0.1) is 0 Å². The number of ether oxygens (including phenoxy) is 1. The van der Waals surface area contributed by atoms with Crippen molar-refractivity contribution >= 4 is 9.84 Å². The molecule has 23 heavy (non-hydrogen) atoms. The smallest absolute Gasteiger partial charge is 0.175 e. The number of nitrogens with zero attached hydrogens (tertiary/aromatic N) is 3. The summed E-state index contributed by atoms with van der Waals surface area (Å²) in [6, 6.07) is 6.72. The van der Waals surface area contributed by atoms with Gasteiger partial charge in [-0.2, -0.15) is 15.0 Å². The fourth-order valence-electron chi connectivity index (χ4n) is 2.53. The quantitative estimate of drug-likeness (QED) is 0.882. The second-order valence-corrected chi connectivity index (χ2v) is 7.69. The molecule has 0 bridgehead atoms. The third-order valence-corrected chi connectivity index (χ3v) is 4.96. The number of benzene rings is 1. The highest BCUT2D eigenvalue weighted by atomic mass is 32.2. The van der Waals surface area contributed by atoms with E-state index in [9.17, 15) is 8.42 Å². The van der Waals surface area contributed by atoms with Crippen LogP contribution in [0.25, 0.3) is 0 Å². The third-order valence-electron chi connectivity index (χ3n) is 3.83. The molecule has 1 fully saturated rings. The summed E-state index contributed by atoms with van der Waals surface area (Å²) in [6.07, 6.45) is 4.96. The number of sulfone groups is 1. The monoisotopic (exact) mass is 336 g/mol. The molecule has 2 aromatic rings. The van der Waals surface area contributed by atoms with E-state index in [2.05, 4.69) is 15.5 Å². The van der Waals surface area contributed by atoms with E-state index in [4.69, 9.17) is 4.74 Å². The number of hydrogen-bond acceptors (Lipinski definition) is 6. The lowest BCUT2D eigenvalue weighted by molar-refractivity contribution is 0.287. The number of piperidine rings is 1. The SMILES string of the molecule is CS(=O)(=O)c1ccc(OCc2cnn(C3CCNCC3)n2)cc1. The van der Waals surface area contributed by atoms with Gasteiger partial charge in [0.25, 0.3) is 0 Å². The molecule has 1 saturated heterocycles. The molecule has 0 atom stereocenters. The van der Waals surface area contributed by atoms with Crippen LogP contribution in [0, 0.1) is 0 Å². The zero-order valence-electron chi connectivity index (χ0n) is 13.0. The van der Waals surface area contributed by atoms with Gasteiger partial charge in [-0.05, 0) is 50.2 Å². The van der Waals surface area contributed by atoms with Gasteiger partial charge in [-0.1, -0.05) is 0 Å². The lowest BCUT2D eigenvalue weighted by Gasteiger charge is -2.21. The fourth-order valence-corrected chi connectivity index (χ4v) is 3.16. The van der Waals surface area contributed by atoms with Crippen LogP contribution in [0.15, 0.2) is 35.4 Å². The third kappa shape index (κ3) is 4.08. The van der Waals surface area contributed by atoms with Crippen LogP contribution in [0.3, 0.4) is 0 Å². The Morgan fingerprint density at radius 1 is 1.26 bits per heavy atom. The second-order valence-electron chi connectivity index (χ2n) is 5.67. The molecule has 124 valence electrons. The zero-order valence-corrected chi connectivity index (χ0v) is 13.8. The number of rotatable bonds is 5. The van der Waals surface area contributed by atoms with E-state index in [1.165, 1.54) is 18.4 Å². The largest absolute Gasteiger partial charge is 0.487 e. The normalized spacial score (nSPS) is 16.4. The number of hydrogen-bond donors (Lipinski definition) is 1. The van der Waals surface area contributed by atoms with Crippen LogP contribution >= 0.6 is 0 Å². The Bertz CT molecular complexity index is 749. The Kier molecular flexibility index (Phi) is 4.63. The summed E-state index contributed by atoms with van der Waals surface area (Å²) in [7, 11) is -3.18. The molecule has 0 spiro atoms. The van der Waals surface area contributed by atoms with Crippen molar-refractivity contribution in [2.75, 3.05) is 19.3 Å². The Balaban J connectivity index is 1.59. The number of aromatic nitrogens is 3. The molecular weight excluding hydrogens is 316 g/mol.